The number of hydrogen-bond donors (Lipinski definition) is 2. The van der Waals surface area contributed by atoms with Crippen molar-refractivity contribution < 1.29 is 9.90 Å². The largest absolute Gasteiger partial charge is 0.507 e. The third-order valence-electron chi connectivity index (χ3n) is 5.14. The molecule has 0 fully saturated rings. The number of hydrazone groups is 1. The van der Waals surface area contributed by atoms with Crippen LogP contribution in [0.1, 0.15) is 27.3 Å². The molecule has 1 amide bonds. The number of halogens is 1. The van der Waals surface area contributed by atoms with Gasteiger partial charge < -0.3 is 9.67 Å². The smallest absolute Gasteiger partial charge is 0.272 e. The second kappa shape index (κ2) is 10.1. The first-order valence-corrected chi connectivity index (χ1v) is 10.9. The lowest BCUT2D eigenvalue weighted by Crippen LogP contribution is -2.18. The number of azo groups is 1. The maximum Gasteiger partial charge on any atom is 0.272 e. The van der Waals surface area contributed by atoms with E-state index in [4.69, 9.17) is 11.6 Å². The molecule has 4 aromatic rings. The van der Waals surface area contributed by atoms with Crippen LogP contribution in [0.5, 0.6) is 5.75 Å². The highest BCUT2D eigenvalue weighted by molar-refractivity contribution is 6.34. The van der Waals surface area contributed by atoms with E-state index < -0.39 is 5.91 Å². The maximum atomic E-state index is 12.6. The van der Waals surface area contributed by atoms with Crippen LogP contribution in [-0.4, -0.2) is 21.8 Å². The molecule has 0 saturated heterocycles. The zero-order valence-corrected chi connectivity index (χ0v) is 19.4. The number of aromatic nitrogens is 1. The van der Waals surface area contributed by atoms with E-state index in [-0.39, 0.29) is 5.75 Å². The Kier molecular flexibility index (Phi) is 6.85. The van der Waals surface area contributed by atoms with Crippen LogP contribution in [0.25, 0.3) is 5.69 Å². The van der Waals surface area contributed by atoms with Gasteiger partial charge in [-0.25, -0.2) is 5.43 Å². The number of carbonyl (C=O) groups excluding carboxylic acids is 1. The van der Waals surface area contributed by atoms with Crippen molar-refractivity contribution in [1.82, 2.24) is 9.99 Å². The monoisotopic (exact) mass is 471 g/mol. The lowest BCUT2D eigenvalue weighted by atomic mass is 10.2. The van der Waals surface area contributed by atoms with Crippen molar-refractivity contribution in [2.75, 3.05) is 0 Å². The van der Waals surface area contributed by atoms with E-state index in [0.717, 1.165) is 17.1 Å². The van der Waals surface area contributed by atoms with E-state index in [1.807, 2.05) is 62.4 Å². The number of nitrogens with one attached hydrogen (secondary N) is 1. The standard InChI is InChI=1S/C26H22ClN5O2/c1-17-8-9-18(2)32(17)22-11-12-23(24(27)15-22)26(34)31-28-16-19-14-21(10-13-25(19)33)30-29-20-6-4-3-5-7-20/h3-16,33H,1-2H3,(H,31,34)/b28-16-,30-29?. The highest BCUT2D eigenvalue weighted by Crippen LogP contribution is 2.25. The summed E-state index contributed by atoms with van der Waals surface area (Å²) in [5, 5.41) is 22.7. The first kappa shape index (κ1) is 22.9. The van der Waals surface area contributed by atoms with Gasteiger partial charge in [0.1, 0.15) is 5.75 Å². The van der Waals surface area contributed by atoms with E-state index in [0.29, 0.717) is 27.5 Å². The second-order valence-corrected chi connectivity index (χ2v) is 8.00. The van der Waals surface area contributed by atoms with Crippen LogP contribution in [0.15, 0.2) is 94.2 Å². The number of nitrogens with zero attached hydrogens (tertiary/aromatic N) is 4. The fourth-order valence-electron chi connectivity index (χ4n) is 3.44. The molecule has 4 rings (SSSR count). The fourth-order valence-corrected chi connectivity index (χ4v) is 3.70. The lowest BCUT2D eigenvalue weighted by Gasteiger charge is -2.11. The third kappa shape index (κ3) is 5.22. The number of carbonyl (C=O) groups is 1. The average molecular weight is 472 g/mol. The van der Waals surface area contributed by atoms with E-state index in [1.165, 1.54) is 12.3 Å². The van der Waals surface area contributed by atoms with Crippen molar-refractivity contribution in [1.29, 1.82) is 0 Å². The number of rotatable bonds is 6. The molecule has 0 bridgehead atoms. The van der Waals surface area contributed by atoms with Gasteiger partial charge in [-0.3, -0.25) is 4.79 Å². The average Bonchev–Trinajstić information content (AvgIpc) is 3.17. The van der Waals surface area contributed by atoms with Crippen molar-refractivity contribution >= 4 is 35.1 Å². The highest BCUT2D eigenvalue weighted by atomic mass is 35.5. The highest BCUT2D eigenvalue weighted by Gasteiger charge is 2.12. The fraction of sp³-hybridized carbons (Fsp3) is 0.0769. The van der Waals surface area contributed by atoms with Crippen LogP contribution in [0.3, 0.4) is 0 Å². The summed E-state index contributed by atoms with van der Waals surface area (Å²) in [6, 6.07) is 23.3. The molecule has 2 N–H and O–H groups in total. The lowest BCUT2D eigenvalue weighted by molar-refractivity contribution is 0.0955. The summed E-state index contributed by atoms with van der Waals surface area (Å²) in [6.45, 7) is 4.01. The van der Waals surface area contributed by atoms with Crippen LogP contribution >= 0.6 is 11.6 Å². The van der Waals surface area contributed by atoms with Crippen molar-refractivity contribution in [3.05, 3.63) is 106 Å². The SMILES string of the molecule is Cc1ccc(C)n1-c1ccc(C(=O)N/N=C\c2cc(N=Nc3ccccc3)ccc2O)c(Cl)c1. The van der Waals surface area contributed by atoms with Crippen molar-refractivity contribution in [2.45, 2.75) is 13.8 Å². The molecule has 0 radical (unpaired) electrons. The molecular weight excluding hydrogens is 450 g/mol. The molecule has 0 saturated carbocycles. The number of phenols is 1. The molecule has 3 aromatic carbocycles. The Labute approximate surface area is 202 Å². The third-order valence-corrected chi connectivity index (χ3v) is 5.46. The van der Waals surface area contributed by atoms with E-state index >= 15 is 0 Å². The summed E-state index contributed by atoms with van der Waals surface area (Å²) >= 11 is 6.38. The summed E-state index contributed by atoms with van der Waals surface area (Å²) in [4.78, 5) is 12.6. The Morgan fingerprint density at radius 2 is 1.62 bits per heavy atom. The minimum absolute atomic E-state index is 0.00323. The molecule has 0 aliphatic carbocycles. The van der Waals surface area contributed by atoms with Crippen LogP contribution < -0.4 is 5.43 Å². The number of phenolic OH excluding ortho intramolecular Hbond substituents is 1. The van der Waals surface area contributed by atoms with Crippen LogP contribution in [0.4, 0.5) is 11.4 Å². The number of amides is 1. The Morgan fingerprint density at radius 3 is 2.32 bits per heavy atom. The first-order chi connectivity index (χ1) is 16.4. The molecule has 8 heteroatoms. The van der Waals surface area contributed by atoms with Gasteiger partial charge in [-0.15, -0.1) is 0 Å². The molecule has 7 nitrogen and oxygen atoms in total. The Bertz CT molecular complexity index is 1370. The van der Waals surface area contributed by atoms with Crippen molar-refractivity contribution in [2.24, 2.45) is 15.3 Å². The van der Waals surface area contributed by atoms with Gasteiger partial charge in [0.05, 0.1) is 28.2 Å². The van der Waals surface area contributed by atoms with Gasteiger partial charge in [-0.2, -0.15) is 15.3 Å². The van der Waals surface area contributed by atoms with Gasteiger partial charge in [0.15, 0.2) is 0 Å². The zero-order chi connectivity index (χ0) is 24.1. The van der Waals surface area contributed by atoms with Crippen molar-refractivity contribution in [3.8, 4) is 11.4 Å². The minimum Gasteiger partial charge on any atom is -0.507 e. The van der Waals surface area contributed by atoms with E-state index in [9.17, 15) is 9.90 Å². The van der Waals surface area contributed by atoms with Gasteiger partial charge in [0.2, 0.25) is 0 Å². The molecule has 0 atom stereocenters. The number of aromatic hydroxyl groups is 1. The molecule has 34 heavy (non-hydrogen) atoms. The van der Waals surface area contributed by atoms with Crippen LogP contribution in [0.2, 0.25) is 5.02 Å². The molecule has 0 aliphatic heterocycles. The minimum atomic E-state index is -0.465. The quantitative estimate of drug-likeness (QED) is 0.187. The van der Waals surface area contributed by atoms with Gasteiger partial charge >= 0.3 is 0 Å². The van der Waals surface area contributed by atoms with Gasteiger partial charge in [-0.1, -0.05) is 29.8 Å². The maximum absolute atomic E-state index is 12.6. The topological polar surface area (TPSA) is 91.3 Å². The van der Waals surface area contributed by atoms with E-state index in [1.54, 1.807) is 24.3 Å². The predicted molar refractivity (Wildman–Crippen MR) is 134 cm³/mol. The number of benzene rings is 3. The van der Waals surface area contributed by atoms with Gasteiger partial charge in [0, 0.05) is 22.6 Å². The number of hydrogen-bond acceptors (Lipinski definition) is 5. The van der Waals surface area contributed by atoms with Gasteiger partial charge in [-0.05, 0) is 74.5 Å². The summed E-state index contributed by atoms with van der Waals surface area (Å²) in [5.74, 6) is -0.468. The molecule has 170 valence electrons. The summed E-state index contributed by atoms with van der Waals surface area (Å²) in [5.41, 5.74) is 7.37. The predicted octanol–water partition coefficient (Wildman–Crippen LogP) is 6.63. The molecule has 1 heterocycles. The molecule has 0 aliphatic rings. The van der Waals surface area contributed by atoms with Gasteiger partial charge in [0.25, 0.3) is 5.91 Å². The summed E-state index contributed by atoms with van der Waals surface area (Å²) in [6.07, 6.45) is 1.34. The van der Waals surface area contributed by atoms with Crippen LogP contribution in [-0.2, 0) is 0 Å². The molecule has 1 aromatic heterocycles. The Balaban J connectivity index is 1.46. The molecular formula is C26H22ClN5O2. The zero-order valence-electron chi connectivity index (χ0n) is 18.6. The molecule has 0 spiro atoms. The normalized spacial score (nSPS) is 11.4. The van der Waals surface area contributed by atoms with Crippen molar-refractivity contribution in [3.63, 3.8) is 0 Å². The first-order valence-electron chi connectivity index (χ1n) is 10.5. The second-order valence-electron chi connectivity index (χ2n) is 7.59. The Morgan fingerprint density at radius 1 is 0.912 bits per heavy atom. The summed E-state index contributed by atoms with van der Waals surface area (Å²) in [7, 11) is 0. The number of aryl methyl sites for hydroxylation is 2. The molecule has 0 unspecified atom stereocenters. The Hall–Kier alpha value is -4.23. The van der Waals surface area contributed by atoms with Crippen LogP contribution in [0, 0.1) is 13.8 Å². The van der Waals surface area contributed by atoms with E-state index in [2.05, 4.69) is 25.3 Å². The summed E-state index contributed by atoms with van der Waals surface area (Å²) < 4.78 is 2.05.